The number of urea groups is 1. The van der Waals surface area contributed by atoms with Crippen molar-refractivity contribution in [2.45, 2.75) is 31.6 Å². The summed E-state index contributed by atoms with van der Waals surface area (Å²) in [4.78, 5) is 10.6. The molecule has 0 aromatic heterocycles. The minimum atomic E-state index is -0.448. The van der Waals surface area contributed by atoms with Gasteiger partial charge in [-0.25, -0.2) is 9.18 Å². The second kappa shape index (κ2) is 5.85. The second-order valence-electron chi connectivity index (χ2n) is 5.01. The van der Waals surface area contributed by atoms with E-state index in [1.165, 1.54) is 17.7 Å². The van der Waals surface area contributed by atoms with Crippen molar-refractivity contribution < 1.29 is 9.18 Å². The summed E-state index contributed by atoms with van der Waals surface area (Å²) in [5.41, 5.74) is 6.28. The van der Waals surface area contributed by atoms with Crippen LogP contribution in [0.2, 0.25) is 0 Å². The minimum Gasteiger partial charge on any atom is -0.352 e. The van der Waals surface area contributed by atoms with Gasteiger partial charge in [-0.15, -0.1) is 0 Å². The third-order valence-corrected chi connectivity index (χ3v) is 3.75. The lowest BCUT2D eigenvalue weighted by atomic mass is 9.79. The van der Waals surface area contributed by atoms with E-state index in [0.29, 0.717) is 18.4 Å². The lowest BCUT2D eigenvalue weighted by molar-refractivity contribution is 0.243. The molecular weight excluding hydrogens is 231 g/mol. The maximum absolute atomic E-state index is 12.8. The van der Waals surface area contributed by atoms with Gasteiger partial charge in [-0.3, -0.25) is 0 Å². The number of carbonyl (C=O) groups is 1. The molecule has 1 aromatic carbocycles. The number of carbonyl (C=O) groups excluding carboxylic acids is 1. The van der Waals surface area contributed by atoms with Crippen LogP contribution in [0.1, 0.15) is 37.2 Å². The molecule has 0 radical (unpaired) electrons. The van der Waals surface area contributed by atoms with Crippen LogP contribution in [0.15, 0.2) is 24.3 Å². The van der Waals surface area contributed by atoms with Crippen molar-refractivity contribution in [3.8, 4) is 0 Å². The Kier molecular flexibility index (Phi) is 4.18. The van der Waals surface area contributed by atoms with E-state index in [4.69, 9.17) is 5.73 Å². The number of amides is 2. The van der Waals surface area contributed by atoms with E-state index in [2.05, 4.69) is 5.32 Å². The topological polar surface area (TPSA) is 55.1 Å². The van der Waals surface area contributed by atoms with Gasteiger partial charge in [0.1, 0.15) is 5.82 Å². The van der Waals surface area contributed by atoms with Crippen LogP contribution in [0, 0.1) is 11.7 Å². The van der Waals surface area contributed by atoms with Gasteiger partial charge in [0.2, 0.25) is 0 Å². The number of nitrogens with one attached hydrogen (secondary N) is 1. The zero-order valence-electron chi connectivity index (χ0n) is 10.4. The number of hydrogen-bond acceptors (Lipinski definition) is 1. The number of hydrogen-bond donors (Lipinski definition) is 2. The van der Waals surface area contributed by atoms with Crippen molar-refractivity contribution in [1.82, 2.24) is 5.32 Å². The predicted molar refractivity (Wildman–Crippen MR) is 68.7 cm³/mol. The molecule has 98 valence electrons. The molecule has 0 saturated heterocycles. The molecule has 3 nitrogen and oxygen atoms in total. The van der Waals surface area contributed by atoms with Gasteiger partial charge in [0.15, 0.2) is 0 Å². The fraction of sp³-hybridized carbons (Fsp3) is 0.500. The fourth-order valence-electron chi connectivity index (χ4n) is 2.68. The molecule has 0 unspecified atom stereocenters. The summed E-state index contributed by atoms with van der Waals surface area (Å²) < 4.78 is 12.8. The van der Waals surface area contributed by atoms with Gasteiger partial charge in [0.05, 0.1) is 0 Å². The zero-order valence-corrected chi connectivity index (χ0v) is 10.4. The van der Waals surface area contributed by atoms with Gasteiger partial charge in [-0.2, -0.15) is 0 Å². The highest BCUT2D eigenvalue weighted by molar-refractivity contribution is 5.71. The molecule has 1 aromatic rings. The van der Waals surface area contributed by atoms with Crippen LogP contribution < -0.4 is 11.1 Å². The van der Waals surface area contributed by atoms with Crippen molar-refractivity contribution in [2.24, 2.45) is 11.7 Å². The van der Waals surface area contributed by atoms with Crippen molar-refractivity contribution in [3.63, 3.8) is 0 Å². The molecule has 2 amide bonds. The van der Waals surface area contributed by atoms with Crippen LogP contribution in [0.25, 0.3) is 0 Å². The van der Waals surface area contributed by atoms with Gasteiger partial charge in [0.25, 0.3) is 0 Å². The maximum atomic E-state index is 12.8. The Hall–Kier alpha value is -1.58. The molecular formula is C14H19FN2O. The molecule has 0 aliphatic heterocycles. The van der Waals surface area contributed by atoms with Crippen molar-refractivity contribution >= 4 is 6.03 Å². The van der Waals surface area contributed by atoms with Crippen molar-refractivity contribution in [1.29, 1.82) is 0 Å². The first kappa shape index (κ1) is 12.9. The quantitative estimate of drug-likeness (QED) is 0.851. The smallest absolute Gasteiger partial charge is 0.312 e. The SMILES string of the molecule is NC(=O)NCC1CCC(c2ccc(F)cc2)CC1. The molecule has 2 rings (SSSR count). The van der Waals surface area contributed by atoms with Crippen LogP contribution in [0.4, 0.5) is 9.18 Å². The second-order valence-corrected chi connectivity index (χ2v) is 5.01. The van der Waals surface area contributed by atoms with Crippen molar-refractivity contribution in [3.05, 3.63) is 35.6 Å². The summed E-state index contributed by atoms with van der Waals surface area (Å²) in [6, 6.07) is 6.35. The summed E-state index contributed by atoms with van der Waals surface area (Å²) in [6.07, 6.45) is 4.36. The van der Waals surface area contributed by atoms with Gasteiger partial charge >= 0.3 is 6.03 Å². The van der Waals surface area contributed by atoms with Crippen molar-refractivity contribution in [2.75, 3.05) is 6.54 Å². The first-order valence-corrected chi connectivity index (χ1v) is 6.44. The van der Waals surface area contributed by atoms with Gasteiger partial charge < -0.3 is 11.1 Å². The average molecular weight is 250 g/mol. The van der Waals surface area contributed by atoms with E-state index in [1.54, 1.807) is 0 Å². The lowest BCUT2D eigenvalue weighted by Crippen LogP contribution is -2.34. The third kappa shape index (κ3) is 3.45. The van der Waals surface area contributed by atoms with Crippen LogP contribution in [0.5, 0.6) is 0 Å². The van der Waals surface area contributed by atoms with Crippen LogP contribution in [0.3, 0.4) is 0 Å². The normalized spacial score (nSPS) is 23.6. The molecule has 0 heterocycles. The Morgan fingerprint density at radius 1 is 1.22 bits per heavy atom. The summed E-state index contributed by atoms with van der Waals surface area (Å²) in [5, 5.41) is 2.67. The highest BCUT2D eigenvalue weighted by Gasteiger charge is 2.22. The first-order valence-electron chi connectivity index (χ1n) is 6.44. The standard InChI is InChI=1S/C14H19FN2O/c15-13-7-5-12(6-8-13)11-3-1-10(2-4-11)9-17-14(16)18/h5-8,10-11H,1-4,9H2,(H3,16,17,18). The van der Waals surface area contributed by atoms with Crippen LogP contribution >= 0.6 is 0 Å². The highest BCUT2D eigenvalue weighted by Crippen LogP contribution is 2.35. The number of rotatable bonds is 3. The molecule has 4 heteroatoms. The Balaban J connectivity index is 1.83. The summed E-state index contributed by atoms with van der Waals surface area (Å²) in [7, 11) is 0. The predicted octanol–water partition coefficient (Wildman–Crippen LogP) is 2.77. The number of benzene rings is 1. The fourth-order valence-corrected chi connectivity index (χ4v) is 2.68. The number of halogens is 1. The van der Waals surface area contributed by atoms with E-state index in [0.717, 1.165) is 25.7 Å². The largest absolute Gasteiger partial charge is 0.352 e. The van der Waals surface area contributed by atoms with E-state index in [9.17, 15) is 9.18 Å². The Labute approximate surface area is 107 Å². The molecule has 1 fully saturated rings. The van der Waals surface area contributed by atoms with E-state index in [-0.39, 0.29) is 5.82 Å². The third-order valence-electron chi connectivity index (χ3n) is 3.75. The molecule has 1 aliphatic rings. The number of primary amides is 1. The molecule has 0 spiro atoms. The average Bonchev–Trinajstić information content (AvgIpc) is 2.38. The Morgan fingerprint density at radius 3 is 2.39 bits per heavy atom. The zero-order chi connectivity index (χ0) is 13.0. The van der Waals surface area contributed by atoms with Gasteiger partial charge in [-0.05, 0) is 55.2 Å². The molecule has 1 aliphatic carbocycles. The summed E-state index contributed by atoms with van der Waals surface area (Å²) in [5.74, 6) is 0.864. The molecule has 3 N–H and O–H groups in total. The molecule has 1 saturated carbocycles. The molecule has 18 heavy (non-hydrogen) atoms. The van der Waals surface area contributed by atoms with Crippen LogP contribution in [-0.4, -0.2) is 12.6 Å². The van der Waals surface area contributed by atoms with E-state index in [1.807, 2.05) is 12.1 Å². The van der Waals surface area contributed by atoms with Gasteiger partial charge in [-0.1, -0.05) is 12.1 Å². The molecule has 0 atom stereocenters. The lowest BCUT2D eigenvalue weighted by Gasteiger charge is -2.28. The van der Waals surface area contributed by atoms with Crippen LogP contribution in [-0.2, 0) is 0 Å². The first-order chi connectivity index (χ1) is 8.65. The maximum Gasteiger partial charge on any atom is 0.312 e. The summed E-state index contributed by atoms with van der Waals surface area (Å²) >= 11 is 0. The highest BCUT2D eigenvalue weighted by atomic mass is 19.1. The van der Waals surface area contributed by atoms with Gasteiger partial charge in [0, 0.05) is 6.54 Å². The molecule has 0 bridgehead atoms. The minimum absolute atomic E-state index is 0.182. The Bertz CT molecular complexity index is 397. The number of nitrogens with two attached hydrogens (primary N) is 1. The summed E-state index contributed by atoms with van der Waals surface area (Å²) in [6.45, 7) is 0.672. The Morgan fingerprint density at radius 2 is 1.83 bits per heavy atom. The van der Waals surface area contributed by atoms with E-state index >= 15 is 0 Å². The monoisotopic (exact) mass is 250 g/mol. The van der Waals surface area contributed by atoms with E-state index < -0.39 is 6.03 Å².